The van der Waals surface area contributed by atoms with Crippen LogP contribution in [0.5, 0.6) is 0 Å². The molecule has 0 aliphatic heterocycles. The van der Waals surface area contributed by atoms with Crippen molar-refractivity contribution in [3.8, 4) is 0 Å². The number of ether oxygens (including phenoxy) is 1. The second-order valence-electron chi connectivity index (χ2n) is 6.34. The highest BCUT2D eigenvalue weighted by molar-refractivity contribution is 5.65. The molecule has 2 aliphatic carbocycles. The summed E-state index contributed by atoms with van der Waals surface area (Å²) in [6.07, 6.45) is 7.39. The summed E-state index contributed by atoms with van der Waals surface area (Å²) in [5.41, 5.74) is 4.59. The molecule has 0 amide bonds. The van der Waals surface area contributed by atoms with Gasteiger partial charge < -0.3 is 4.74 Å². The van der Waals surface area contributed by atoms with Crippen molar-refractivity contribution in [1.82, 2.24) is 0 Å². The second-order valence-corrected chi connectivity index (χ2v) is 6.34. The van der Waals surface area contributed by atoms with E-state index in [-0.39, 0.29) is 5.97 Å². The predicted octanol–water partition coefficient (Wildman–Crippen LogP) is 4.27. The molecular formula is C17H26O2. The Balaban J connectivity index is 2.22. The van der Waals surface area contributed by atoms with Crippen LogP contribution in [0.3, 0.4) is 0 Å². The highest BCUT2D eigenvalue weighted by atomic mass is 16.5. The molecule has 0 N–H and O–H groups in total. The Morgan fingerprint density at radius 3 is 2.84 bits per heavy atom. The molecule has 2 rings (SSSR count). The molecule has 19 heavy (non-hydrogen) atoms. The van der Waals surface area contributed by atoms with Crippen LogP contribution in [-0.4, -0.2) is 12.6 Å². The maximum Gasteiger partial charge on any atom is 0.302 e. The highest BCUT2D eigenvalue weighted by Gasteiger charge is 2.31. The van der Waals surface area contributed by atoms with E-state index < -0.39 is 0 Å². The molecule has 106 valence electrons. The molecule has 0 spiro atoms. The van der Waals surface area contributed by atoms with Gasteiger partial charge >= 0.3 is 5.97 Å². The van der Waals surface area contributed by atoms with Gasteiger partial charge in [0.1, 0.15) is 0 Å². The van der Waals surface area contributed by atoms with Crippen molar-refractivity contribution in [2.75, 3.05) is 6.61 Å². The van der Waals surface area contributed by atoms with Crippen LogP contribution < -0.4 is 0 Å². The van der Waals surface area contributed by atoms with Crippen LogP contribution in [0.4, 0.5) is 0 Å². The highest BCUT2D eigenvalue weighted by Crippen LogP contribution is 2.44. The van der Waals surface area contributed by atoms with E-state index in [0.29, 0.717) is 12.5 Å². The molecule has 0 fully saturated rings. The molecule has 2 aliphatic rings. The lowest BCUT2D eigenvalue weighted by Gasteiger charge is -2.37. The Morgan fingerprint density at radius 1 is 1.42 bits per heavy atom. The van der Waals surface area contributed by atoms with Gasteiger partial charge in [0.05, 0.1) is 6.61 Å². The zero-order valence-electron chi connectivity index (χ0n) is 12.7. The summed E-state index contributed by atoms with van der Waals surface area (Å²) in [4.78, 5) is 11.0. The monoisotopic (exact) mass is 262 g/mol. The Hall–Kier alpha value is -1.05. The van der Waals surface area contributed by atoms with E-state index >= 15 is 0 Å². The number of carbonyl (C=O) groups excluding carboxylic acids is 1. The average molecular weight is 262 g/mol. The van der Waals surface area contributed by atoms with Gasteiger partial charge in [-0.3, -0.25) is 4.79 Å². The van der Waals surface area contributed by atoms with Crippen LogP contribution in [0, 0.1) is 17.8 Å². The Bertz CT molecular complexity index is 417. The van der Waals surface area contributed by atoms with Gasteiger partial charge in [-0.05, 0) is 50.0 Å². The molecule has 0 aromatic rings. The summed E-state index contributed by atoms with van der Waals surface area (Å²) in [6.45, 7) is 8.82. The molecule has 2 heteroatoms. The van der Waals surface area contributed by atoms with Gasteiger partial charge in [-0.15, -0.1) is 0 Å². The SMILES string of the molecule is CC(=O)OCC(C)C1=C2C=C(C)CCC2C(C)CC1. The molecule has 2 nitrogen and oxygen atoms in total. The van der Waals surface area contributed by atoms with Gasteiger partial charge in [0.25, 0.3) is 0 Å². The van der Waals surface area contributed by atoms with E-state index in [1.54, 1.807) is 5.57 Å². The van der Waals surface area contributed by atoms with E-state index in [2.05, 4.69) is 26.8 Å². The third-order valence-electron chi connectivity index (χ3n) is 4.71. The lowest BCUT2D eigenvalue weighted by Crippen LogP contribution is -2.26. The van der Waals surface area contributed by atoms with Crippen LogP contribution in [-0.2, 0) is 9.53 Å². The average Bonchev–Trinajstić information content (AvgIpc) is 2.36. The first-order chi connectivity index (χ1) is 8.99. The number of esters is 1. The van der Waals surface area contributed by atoms with Crippen molar-refractivity contribution in [2.45, 2.75) is 53.4 Å². The zero-order valence-corrected chi connectivity index (χ0v) is 12.7. The van der Waals surface area contributed by atoms with E-state index in [1.807, 2.05) is 0 Å². The van der Waals surface area contributed by atoms with E-state index in [4.69, 9.17) is 4.74 Å². The molecule has 0 radical (unpaired) electrons. The molecule has 0 heterocycles. The molecule has 0 bridgehead atoms. The van der Waals surface area contributed by atoms with Gasteiger partial charge in [0.2, 0.25) is 0 Å². The van der Waals surface area contributed by atoms with Crippen LogP contribution in [0.15, 0.2) is 22.8 Å². The normalized spacial score (nSPS) is 28.5. The van der Waals surface area contributed by atoms with E-state index in [0.717, 1.165) is 11.8 Å². The zero-order chi connectivity index (χ0) is 14.0. The number of hydrogen-bond acceptors (Lipinski definition) is 2. The number of allylic oxidation sites excluding steroid dienone is 3. The Kier molecular flexibility index (Phi) is 4.49. The van der Waals surface area contributed by atoms with E-state index in [9.17, 15) is 4.79 Å². The van der Waals surface area contributed by atoms with Crippen molar-refractivity contribution in [3.05, 3.63) is 22.8 Å². The van der Waals surface area contributed by atoms with Crippen molar-refractivity contribution < 1.29 is 9.53 Å². The number of hydrogen-bond donors (Lipinski definition) is 0. The fraction of sp³-hybridized carbons (Fsp3) is 0.706. The van der Waals surface area contributed by atoms with Gasteiger partial charge in [-0.2, -0.15) is 0 Å². The standard InChI is InChI=1S/C17H26O2/c1-11-5-7-15-12(2)6-8-16(17(15)9-11)13(3)10-19-14(4)18/h9,12-13,15H,5-8,10H2,1-4H3. The predicted molar refractivity (Wildman–Crippen MR) is 77.7 cm³/mol. The maximum absolute atomic E-state index is 11.0. The topological polar surface area (TPSA) is 26.3 Å². The van der Waals surface area contributed by atoms with Crippen molar-refractivity contribution in [2.24, 2.45) is 17.8 Å². The van der Waals surface area contributed by atoms with Crippen molar-refractivity contribution in [1.29, 1.82) is 0 Å². The Morgan fingerprint density at radius 2 is 2.16 bits per heavy atom. The van der Waals surface area contributed by atoms with Crippen molar-refractivity contribution >= 4 is 5.97 Å². The summed E-state index contributed by atoms with van der Waals surface area (Å²) in [5.74, 6) is 1.71. The minimum atomic E-state index is -0.173. The quantitative estimate of drug-likeness (QED) is 0.710. The second kappa shape index (κ2) is 5.94. The molecule has 3 atom stereocenters. The Labute approximate surface area is 116 Å². The van der Waals surface area contributed by atoms with E-state index in [1.165, 1.54) is 43.8 Å². The number of fused-ring (bicyclic) bond motifs is 1. The first-order valence-electron chi connectivity index (χ1n) is 7.52. The summed E-state index contributed by atoms with van der Waals surface area (Å²) < 4.78 is 5.20. The number of carbonyl (C=O) groups is 1. The van der Waals surface area contributed by atoms with Crippen LogP contribution in [0.2, 0.25) is 0 Å². The molecule has 0 aromatic carbocycles. The lowest BCUT2D eigenvalue weighted by atomic mass is 9.68. The first-order valence-corrected chi connectivity index (χ1v) is 7.52. The summed E-state index contributed by atoms with van der Waals surface area (Å²) in [7, 11) is 0. The molecule has 0 saturated heterocycles. The molecule has 0 saturated carbocycles. The van der Waals surface area contributed by atoms with Gasteiger partial charge in [-0.1, -0.05) is 31.1 Å². The first kappa shape index (κ1) is 14.4. The summed E-state index contributed by atoms with van der Waals surface area (Å²) in [6, 6.07) is 0. The third kappa shape index (κ3) is 3.29. The third-order valence-corrected chi connectivity index (χ3v) is 4.71. The van der Waals surface area contributed by atoms with Gasteiger partial charge in [0.15, 0.2) is 0 Å². The molecular weight excluding hydrogens is 236 g/mol. The van der Waals surface area contributed by atoms with Crippen LogP contribution in [0.25, 0.3) is 0 Å². The minimum absolute atomic E-state index is 0.173. The lowest BCUT2D eigenvalue weighted by molar-refractivity contribution is -0.141. The number of rotatable bonds is 3. The fourth-order valence-corrected chi connectivity index (χ4v) is 3.51. The largest absolute Gasteiger partial charge is 0.465 e. The van der Waals surface area contributed by atoms with Crippen LogP contribution >= 0.6 is 0 Å². The van der Waals surface area contributed by atoms with Crippen LogP contribution in [0.1, 0.15) is 53.4 Å². The van der Waals surface area contributed by atoms with Gasteiger partial charge in [-0.25, -0.2) is 0 Å². The van der Waals surface area contributed by atoms with Gasteiger partial charge in [0, 0.05) is 12.8 Å². The molecule has 3 unspecified atom stereocenters. The maximum atomic E-state index is 11.0. The van der Waals surface area contributed by atoms with Crippen molar-refractivity contribution in [3.63, 3.8) is 0 Å². The summed E-state index contributed by atoms with van der Waals surface area (Å²) >= 11 is 0. The smallest absolute Gasteiger partial charge is 0.302 e. The fourth-order valence-electron chi connectivity index (χ4n) is 3.51. The summed E-state index contributed by atoms with van der Waals surface area (Å²) in [5, 5.41) is 0. The minimum Gasteiger partial charge on any atom is -0.465 e. The molecule has 0 aromatic heterocycles.